The highest BCUT2D eigenvalue weighted by Gasteiger charge is 2.18. The Bertz CT molecular complexity index is 549. The molecule has 1 aromatic heterocycles. The maximum absolute atomic E-state index is 12.4. The standard InChI is InChI=1S/C16H20N2O2/c1-13-15(8-12-20-13)16(19)18(11-9-17)10-7-14-5-3-2-4-6-14/h2-6,8,12H,7,9-11,17H2,1H3. The van der Waals surface area contributed by atoms with Crippen LogP contribution in [0.15, 0.2) is 47.1 Å². The van der Waals surface area contributed by atoms with Crippen molar-refractivity contribution in [2.45, 2.75) is 13.3 Å². The van der Waals surface area contributed by atoms with E-state index in [1.807, 2.05) is 18.2 Å². The number of amides is 1. The minimum Gasteiger partial charge on any atom is -0.469 e. The van der Waals surface area contributed by atoms with Crippen LogP contribution in [0.4, 0.5) is 0 Å². The molecule has 0 unspecified atom stereocenters. The number of rotatable bonds is 6. The van der Waals surface area contributed by atoms with E-state index in [0.29, 0.717) is 31.0 Å². The zero-order chi connectivity index (χ0) is 14.4. The largest absolute Gasteiger partial charge is 0.469 e. The van der Waals surface area contributed by atoms with Gasteiger partial charge < -0.3 is 15.1 Å². The highest BCUT2D eigenvalue weighted by Crippen LogP contribution is 2.12. The molecule has 0 aliphatic carbocycles. The maximum atomic E-state index is 12.4. The fraction of sp³-hybridized carbons (Fsp3) is 0.312. The molecule has 0 fully saturated rings. The Morgan fingerprint density at radius 2 is 1.95 bits per heavy atom. The van der Waals surface area contributed by atoms with Crippen LogP contribution in [0.1, 0.15) is 21.7 Å². The summed E-state index contributed by atoms with van der Waals surface area (Å²) >= 11 is 0. The smallest absolute Gasteiger partial charge is 0.257 e. The first-order valence-electron chi connectivity index (χ1n) is 6.79. The summed E-state index contributed by atoms with van der Waals surface area (Å²) in [6, 6.07) is 11.8. The Labute approximate surface area is 119 Å². The summed E-state index contributed by atoms with van der Waals surface area (Å²) in [5.41, 5.74) is 7.44. The molecule has 0 aliphatic heterocycles. The molecule has 2 rings (SSSR count). The molecule has 0 saturated heterocycles. The normalized spacial score (nSPS) is 10.5. The monoisotopic (exact) mass is 272 g/mol. The van der Waals surface area contributed by atoms with E-state index in [9.17, 15) is 4.79 Å². The van der Waals surface area contributed by atoms with Gasteiger partial charge in [-0.25, -0.2) is 0 Å². The second-order valence-corrected chi connectivity index (χ2v) is 4.71. The van der Waals surface area contributed by atoms with E-state index in [1.54, 1.807) is 24.2 Å². The van der Waals surface area contributed by atoms with E-state index in [1.165, 1.54) is 5.56 Å². The first kappa shape index (κ1) is 14.3. The summed E-state index contributed by atoms with van der Waals surface area (Å²) in [7, 11) is 0. The Morgan fingerprint density at radius 1 is 1.20 bits per heavy atom. The molecule has 2 aromatic rings. The third-order valence-corrected chi connectivity index (χ3v) is 3.29. The van der Waals surface area contributed by atoms with Crippen molar-refractivity contribution in [1.82, 2.24) is 4.90 Å². The lowest BCUT2D eigenvalue weighted by molar-refractivity contribution is 0.0760. The van der Waals surface area contributed by atoms with Gasteiger partial charge in [0.15, 0.2) is 0 Å². The molecule has 0 bridgehead atoms. The summed E-state index contributed by atoms with van der Waals surface area (Å²) in [5, 5.41) is 0. The molecule has 106 valence electrons. The number of carbonyl (C=O) groups excluding carboxylic acids is 1. The summed E-state index contributed by atoms with van der Waals surface area (Å²) in [6.07, 6.45) is 2.36. The predicted octanol–water partition coefficient (Wildman–Crippen LogP) is 2.23. The number of aryl methyl sites for hydroxylation is 1. The third-order valence-electron chi connectivity index (χ3n) is 3.29. The Kier molecular flexibility index (Phi) is 4.96. The van der Waals surface area contributed by atoms with Crippen LogP contribution in [0.3, 0.4) is 0 Å². The molecule has 0 aliphatic rings. The quantitative estimate of drug-likeness (QED) is 0.877. The van der Waals surface area contributed by atoms with Crippen molar-refractivity contribution in [2.24, 2.45) is 5.73 Å². The zero-order valence-electron chi connectivity index (χ0n) is 11.7. The van der Waals surface area contributed by atoms with Crippen molar-refractivity contribution in [3.8, 4) is 0 Å². The van der Waals surface area contributed by atoms with Crippen LogP contribution >= 0.6 is 0 Å². The van der Waals surface area contributed by atoms with E-state index < -0.39 is 0 Å². The first-order valence-corrected chi connectivity index (χ1v) is 6.79. The summed E-state index contributed by atoms with van der Waals surface area (Å²) in [4.78, 5) is 14.2. The Morgan fingerprint density at radius 3 is 2.55 bits per heavy atom. The fourth-order valence-electron chi connectivity index (χ4n) is 2.16. The van der Waals surface area contributed by atoms with Crippen LogP contribution < -0.4 is 5.73 Å². The van der Waals surface area contributed by atoms with Gasteiger partial charge in [0.05, 0.1) is 11.8 Å². The molecule has 4 nitrogen and oxygen atoms in total. The van der Waals surface area contributed by atoms with Crippen molar-refractivity contribution >= 4 is 5.91 Å². The second-order valence-electron chi connectivity index (χ2n) is 4.71. The number of hydrogen-bond donors (Lipinski definition) is 1. The molecule has 0 radical (unpaired) electrons. The van der Waals surface area contributed by atoms with Crippen molar-refractivity contribution in [3.05, 3.63) is 59.5 Å². The van der Waals surface area contributed by atoms with Crippen molar-refractivity contribution in [2.75, 3.05) is 19.6 Å². The van der Waals surface area contributed by atoms with Crippen LogP contribution in [0.2, 0.25) is 0 Å². The fourth-order valence-corrected chi connectivity index (χ4v) is 2.16. The molecular formula is C16H20N2O2. The van der Waals surface area contributed by atoms with E-state index in [4.69, 9.17) is 10.2 Å². The average molecular weight is 272 g/mol. The Hall–Kier alpha value is -2.07. The van der Waals surface area contributed by atoms with E-state index in [-0.39, 0.29) is 5.91 Å². The third kappa shape index (κ3) is 3.48. The number of furan rings is 1. The number of carbonyl (C=O) groups is 1. The van der Waals surface area contributed by atoms with Crippen LogP contribution in [0.5, 0.6) is 0 Å². The van der Waals surface area contributed by atoms with Crippen LogP contribution in [0, 0.1) is 6.92 Å². The molecule has 0 spiro atoms. The number of nitrogens with zero attached hydrogens (tertiary/aromatic N) is 1. The summed E-state index contributed by atoms with van der Waals surface area (Å²) in [5.74, 6) is 0.634. The molecular weight excluding hydrogens is 252 g/mol. The van der Waals surface area contributed by atoms with E-state index in [0.717, 1.165) is 6.42 Å². The molecule has 1 amide bonds. The number of benzene rings is 1. The van der Waals surface area contributed by atoms with Gasteiger partial charge in [-0.15, -0.1) is 0 Å². The summed E-state index contributed by atoms with van der Waals surface area (Å²) in [6.45, 7) is 3.46. The van der Waals surface area contributed by atoms with Crippen LogP contribution in [-0.4, -0.2) is 30.4 Å². The van der Waals surface area contributed by atoms with Gasteiger partial charge in [0.1, 0.15) is 5.76 Å². The van der Waals surface area contributed by atoms with Crippen molar-refractivity contribution < 1.29 is 9.21 Å². The second kappa shape index (κ2) is 6.91. The molecule has 0 saturated carbocycles. The number of nitrogens with two attached hydrogens (primary N) is 1. The van der Waals surface area contributed by atoms with Gasteiger partial charge in [-0.2, -0.15) is 0 Å². The van der Waals surface area contributed by atoms with Crippen molar-refractivity contribution in [3.63, 3.8) is 0 Å². The molecule has 2 N–H and O–H groups in total. The number of hydrogen-bond acceptors (Lipinski definition) is 3. The molecule has 0 atom stereocenters. The van der Waals surface area contributed by atoms with Gasteiger partial charge in [-0.3, -0.25) is 4.79 Å². The maximum Gasteiger partial charge on any atom is 0.257 e. The average Bonchev–Trinajstić information content (AvgIpc) is 2.90. The molecule has 4 heteroatoms. The lowest BCUT2D eigenvalue weighted by atomic mass is 10.1. The SMILES string of the molecule is Cc1occc1C(=O)N(CCN)CCc1ccccc1. The lowest BCUT2D eigenvalue weighted by Gasteiger charge is -2.21. The topological polar surface area (TPSA) is 59.5 Å². The van der Waals surface area contributed by atoms with Gasteiger partial charge in [-0.1, -0.05) is 30.3 Å². The minimum absolute atomic E-state index is 0.0161. The lowest BCUT2D eigenvalue weighted by Crippen LogP contribution is -2.37. The van der Waals surface area contributed by atoms with E-state index in [2.05, 4.69) is 12.1 Å². The van der Waals surface area contributed by atoms with Gasteiger partial charge in [0, 0.05) is 19.6 Å². The highest BCUT2D eigenvalue weighted by molar-refractivity contribution is 5.95. The molecule has 1 heterocycles. The van der Waals surface area contributed by atoms with Gasteiger partial charge in [0.2, 0.25) is 0 Å². The zero-order valence-corrected chi connectivity index (χ0v) is 11.7. The highest BCUT2D eigenvalue weighted by atomic mass is 16.3. The van der Waals surface area contributed by atoms with Crippen molar-refractivity contribution in [1.29, 1.82) is 0 Å². The molecule has 20 heavy (non-hydrogen) atoms. The van der Waals surface area contributed by atoms with Crippen LogP contribution in [0.25, 0.3) is 0 Å². The van der Waals surface area contributed by atoms with Crippen LogP contribution in [-0.2, 0) is 6.42 Å². The van der Waals surface area contributed by atoms with Gasteiger partial charge in [0.25, 0.3) is 5.91 Å². The first-order chi connectivity index (χ1) is 9.72. The van der Waals surface area contributed by atoms with Gasteiger partial charge in [-0.05, 0) is 25.0 Å². The van der Waals surface area contributed by atoms with E-state index >= 15 is 0 Å². The Balaban J connectivity index is 2.03. The van der Waals surface area contributed by atoms with Gasteiger partial charge >= 0.3 is 0 Å². The molecule has 1 aromatic carbocycles. The summed E-state index contributed by atoms with van der Waals surface area (Å²) < 4.78 is 5.20. The minimum atomic E-state index is -0.0161. The predicted molar refractivity (Wildman–Crippen MR) is 78.5 cm³/mol.